The standard InChI is InChI=1S/C18H21N3O2/c1-13-8-14(2)10-16(9-13)18(23)20-7-5-17(22)21-12-15-4-3-6-19-11-15/h3-4,6,8-11H,5,7,12H2,1-2H3,(H,20,23)(H,21,22). The number of benzene rings is 1. The Kier molecular flexibility index (Phi) is 5.86. The highest BCUT2D eigenvalue weighted by Crippen LogP contribution is 2.08. The summed E-state index contributed by atoms with van der Waals surface area (Å²) in [6, 6.07) is 9.42. The van der Waals surface area contributed by atoms with E-state index in [1.54, 1.807) is 12.4 Å². The molecule has 0 aliphatic rings. The monoisotopic (exact) mass is 311 g/mol. The molecule has 2 aromatic rings. The number of nitrogens with zero attached hydrogens (tertiary/aromatic N) is 1. The van der Waals surface area contributed by atoms with Crippen molar-refractivity contribution in [3.63, 3.8) is 0 Å². The molecular weight excluding hydrogens is 290 g/mol. The number of carbonyl (C=O) groups is 2. The number of carbonyl (C=O) groups excluding carboxylic acids is 2. The van der Waals surface area contributed by atoms with Gasteiger partial charge in [-0.05, 0) is 37.6 Å². The molecule has 0 aliphatic heterocycles. The first-order chi connectivity index (χ1) is 11.0. The van der Waals surface area contributed by atoms with Gasteiger partial charge in [-0.15, -0.1) is 0 Å². The lowest BCUT2D eigenvalue weighted by Gasteiger charge is -2.08. The van der Waals surface area contributed by atoms with Gasteiger partial charge < -0.3 is 10.6 Å². The van der Waals surface area contributed by atoms with Crippen LogP contribution in [0.5, 0.6) is 0 Å². The maximum Gasteiger partial charge on any atom is 0.251 e. The summed E-state index contributed by atoms with van der Waals surface area (Å²) in [5.74, 6) is -0.258. The molecule has 1 heterocycles. The van der Waals surface area contributed by atoms with Gasteiger partial charge in [0.05, 0.1) is 0 Å². The Bertz CT molecular complexity index is 664. The molecular formula is C18H21N3O2. The van der Waals surface area contributed by atoms with Crippen molar-refractivity contribution < 1.29 is 9.59 Å². The number of hydrogen-bond donors (Lipinski definition) is 2. The number of amides is 2. The second-order valence-corrected chi connectivity index (χ2v) is 5.52. The quantitative estimate of drug-likeness (QED) is 0.858. The Morgan fingerprint density at radius 2 is 1.83 bits per heavy atom. The first-order valence-corrected chi connectivity index (χ1v) is 7.56. The molecule has 2 N–H and O–H groups in total. The molecule has 0 bridgehead atoms. The molecule has 5 nitrogen and oxygen atoms in total. The first-order valence-electron chi connectivity index (χ1n) is 7.56. The largest absolute Gasteiger partial charge is 0.352 e. The molecule has 0 radical (unpaired) electrons. The Morgan fingerprint density at radius 3 is 2.48 bits per heavy atom. The van der Waals surface area contributed by atoms with E-state index in [1.807, 2.05) is 44.2 Å². The fourth-order valence-electron chi connectivity index (χ4n) is 2.29. The minimum absolute atomic E-state index is 0.102. The predicted octanol–water partition coefficient (Wildman–Crippen LogP) is 2.13. The summed E-state index contributed by atoms with van der Waals surface area (Å²) in [5.41, 5.74) is 3.66. The van der Waals surface area contributed by atoms with Gasteiger partial charge in [-0.3, -0.25) is 14.6 Å². The van der Waals surface area contributed by atoms with Crippen LogP contribution in [0.2, 0.25) is 0 Å². The average molecular weight is 311 g/mol. The van der Waals surface area contributed by atoms with Crippen LogP contribution in [-0.4, -0.2) is 23.3 Å². The maximum atomic E-state index is 12.1. The van der Waals surface area contributed by atoms with Crippen molar-refractivity contribution in [1.29, 1.82) is 0 Å². The van der Waals surface area contributed by atoms with E-state index in [9.17, 15) is 9.59 Å². The van der Waals surface area contributed by atoms with Crippen LogP contribution in [0.3, 0.4) is 0 Å². The molecule has 1 aromatic carbocycles. The van der Waals surface area contributed by atoms with Crippen molar-refractivity contribution in [2.24, 2.45) is 0 Å². The van der Waals surface area contributed by atoms with Gasteiger partial charge in [-0.2, -0.15) is 0 Å². The summed E-state index contributed by atoms with van der Waals surface area (Å²) in [6.45, 7) is 4.66. The van der Waals surface area contributed by atoms with Crippen LogP contribution in [0.1, 0.15) is 33.5 Å². The Hall–Kier alpha value is -2.69. The lowest BCUT2D eigenvalue weighted by Crippen LogP contribution is -2.30. The van der Waals surface area contributed by atoms with Crippen LogP contribution < -0.4 is 10.6 Å². The molecule has 0 fully saturated rings. The second kappa shape index (κ2) is 8.08. The van der Waals surface area contributed by atoms with Gasteiger partial charge in [0.1, 0.15) is 0 Å². The summed E-state index contributed by atoms with van der Waals surface area (Å²) < 4.78 is 0. The van der Waals surface area contributed by atoms with Gasteiger partial charge >= 0.3 is 0 Å². The Morgan fingerprint density at radius 1 is 1.09 bits per heavy atom. The molecule has 120 valence electrons. The number of hydrogen-bond acceptors (Lipinski definition) is 3. The summed E-state index contributed by atoms with van der Waals surface area (Å²) in [7, 11) is 0. The third-order valence-corrected chi connectivity index (χ3v) is 3.33. The van der Waals surface area contributed by atoms with Crippen LogP contribution in [0, 0.1) is 13.8 Å². The van der Waals surface area contributed by atoms with Gasteiger partial charge in [0.25, 0.3) is 5.91 Å². The molecule has 0 saturated carbocycles. The summed E-state index contributed by atoms with van der Waals surface area (Å²) in [5, 5.41) is 5.57. The van der Waals surface area contributed by atoms with E-state index in [4.69, 9.17) is 0 Å². The fraction of sp³-hybridized carbons (Fsp3) is 0.278. The number of rotatable bonds is 6. The topological polar surface area (TPSA) is 71.1 Å². The van der Waals surface area contributed by atoms with Gasteiger partial charge in [-0.1, -0.05) is 23.3 Å². The van der Waals surface area contributed by atoms with E-state index in [-0.39, 0.29) is 18.2 Å². The molecule has 2 amide bonds. The number of pyridine rings is 1. The second-order valence-electron chi connectivity index (χ2n) is 5.52. The van der Waals surface area contributed by atoms with E-state index in [1.165, 1.54) is 0 Å². The van der Waals surface area contributed by atoms with E-state index in [0.717, 1.165) is 16.7 Å². The van der Waals surface area contributed by atoms with Gasteiger partial charge in [-0.25, -0.2) is 0 Å². The fourth-order valence-corrected chi connectivity index (χ4v) is 2.29. The van der Waals surface area contributed by atoms with Crippen molar-refractivity contribution >= 4 is 11.8 Å². The smallest absolute Gasteiger partial charge is 0.251 e. The molecule has 0 atom stereocenters. The van der Waals surface area contributed by atoms with Crippen LogP contribution in [-0.2, 0) is 11.3 Å². The highest BCUT2D eigenvalue weighted by atomic mass is 16.2. The Balaban J connectivity index is 1.73. The molecule has 5 heteroatoms. The van der Waals surface area contributed by atoms with Crippen LogP contribution in [0.25, 0.3) is 0 Å². The minimum Gasteiger partial charge on any atom is -0.352 e. The maximum absolute atomic E-state index is 12.1. The van der Waals surface area contributed by atoms with E-state index in [0.29, 0.717) is 18.7 Å². The first kappa shape index (κ1) is 16.7. The normalized spacial score (nSPS) is 10.2. The van der Waals surface area contributed by atoms with Crippen molar-refractivity contribution in [3.8, 4) is 0 Å². The molecule has 0 spiro atoms. The average Bonchev–Trinajstić information content (AvgIpc) is 2.53. The number of nitrogens with one attached hydrogen (secondary N) is 2. The zero-order chi connectivity index (χ0) is 16.7. The molecule has 0 saturated heterocycles. The van der Waals surface area contributed by atoms with Crippen molar-refractivity contribution in [2.45, 2.75) is 26.8 Å². The van der Waals surface area contributed by atoms with Crippen molar-refractivity contribution in [2.75, 3.05) is 6.54 Å². The third-order valence-electron chi connectivity index (χ3n) is 3.33. The van der Waals surface area contributed by atoms with Crippen LogP contribution in [0.4, 0.5) is 0 Å². The van der Waals surface area contributed by atoms with E-state index in [2.05, 4.69) is 15.6 Å². The molecule has 1 aromatic heterocycles. The summed E-state index contributed by atoms with van der Waals surface area (Å²) in [4.78, 5) is 27.8. The highest BCUT2D eigenvalue weighted by molar-refractivity contribution is 5.94. The lowest BCUT2D eigenvalue weighted by atomic mass is 10.1. The lowest BCUT2D eigenvalue weighted by molar-refractivity contribution is -0.121. The number of aromatic nitrogens is 1. The van der Waals surface area contributed by atoms with Gasteiger partial charge in [0, 0.05) is 37.5 Å². The highest BCUT2D eigenvalue weighted by Gasteiger charge is 2.07. The van der Waals surface area contributed by atoms with E-state index >= 15 is 0 Å². The van der Waals surface area contributed by atoms with Gasteiger partial charge in [0.15, 0.2) is 0 Å². The van der Waals surface area contributed by atoms with Gasteiger partial charge in [0.2, 0.25) is 5.91 Å². The number of aryl methyl sites for hydroxylation is 2. The van der Waals surface area contributed by atoms with Crippen LogP contribution in [0.15, 0.2) is 42.7 Å². The van der Waals surface area contributed by atoms with E-state index < -0.39 is 0 Å². The Labute approximate surface area is 136 Å². The summed E-state index contributed by atoms with van der Waals surface area (Å²) >= 11 is 0. The molecule has 0 aliphatic carbocycles. The van der Waals surface area contributed by atoms with Crippen molar-refractivity contribution in [3.05, 3.63) is 65.0 Å². The molecule has 23 heavy (non-hydrogen) atoms. The SMILES string of the molecule is Cc1cc(C)cc(C(=O)NCCC(=O)NCc2cccnc2)c1. The molecule has 2 rings (SSSR count). The minimum atomic E-state index is -0.156. The zero-order valence-corrected chi connectivity index (χ0v) is 13.4. The molecule has 0 unspecified atom stereocenters. The van der Waals surface area contributed by atoms with Crippen molar-refractivity contribution in [1.82, 2.24) is 15.6 Å². The third kappa shape index (κ3) is 5.54. The predicted molar refractivity (Wildman–Crippen MR) is 88.9 cm³/mol. The zero-order valence-electron chi connectivity index (χ0n) is 13.4. The summed E-state index contributed by atoms with van der Waals surface area (Å²) in [6.07, 6.45) is 3.65. The van der Waals surface area contributed by atoms with Crippen LogP contribution >= 0.6 is 0 Å².